The zero-order valence-corrected chi connectivity index (χ0v) is 18.7. The highest BCUT2D eigenvalue weighted by atomic mass is 35.5. The Kier molecular flexibility index (Phi) is 5.57. The van der Waals surface area contributed by atoms with Crippen molar-refractivity contribution in [3.05, 3.63) is 69.8 Å². The minimum Gasteiger partial charge on any atom is -0.326 e. The van der Waals surface area contributed by atoms with Crippen molar-refractivity contribution < 1.29 is 0 Å². The van der Waals surface area contributed by atoms with E-state index in [2.05, 4.69) is 86.1 Å². The van der Waals surface area contributed by atoms with Gasteiger partial charge in [-0.2, -0.15) is 4.98 Å². The summed E-state index contributed by atoms with van der Waals surface area (Å²) >= 11 is 8.09. The number of anilines is 2. The van der Waals surface area contributed by atoms with Crippen LogP contribution in [0.15, 0.2) is 48.5 Å². The topological polar surface area (TPSA) is 29.0 Å². The van der Waals surface area contributed by atoms with Crippen molar-refractivity contribution >= 4 is 44.7 Å². The quantitative estimate of drug-likeness (QED) is 0.315. The zero-order chi connectivity index (χ0) is 20.5. The highest BCUT2D eigenvalue weighted by Gasteiger charge is 2.23. The number of thiophene rings is 1. The highest BCUT2D eigenvalue weighted by Crippen LogP contribution is 2.44. The lowest BCUT2D eigenvalue weighted by Gasteiger charge is -2.24. The van der Waals surface area contributed by atoms with Crippen LogP contribution in [-0.4, -0.2) is 16.5 Å². The smallest absolute Gasteiger partial charge is 0.225 e. The number of halogens is 1. The fourth-order valence-corrected chi connectivity index (χ4v) is 5.07. The van der Waals surface area contributed by atoms with Gasteiger partial charge in [0.15, 0.2) is 0 Å². The van der Waals surface area contributed by atoms with E-state index in [0.717, 1.165) is 34.7 Å². The molecule has 0 aliphatic carbocycles. The normalized spacial score (nSPS) is 11.2. The maximum atomic E-state index is 6.37. The van der Waals surface area contributed by atoms with Gasteiger partial charge in [-0.25, -0.2) is 4.98 Å². The molecule has 0 spiro atoms. The number of hydrogen-bond acceptors (Lipinski definition) is 4. The van der Waals surface area contributed by atoms with Crippen molar-refractivity contribution in [2.24, 2.45) is 0 Å². The minimum absolute atomic E-state index is 0.290. The Morgan fingerprint density at radius 1 is 0.966 bits per heavy atom. The Hall–Kier alpha value is -2.43. The Labute approximate surface area is 181 Å². The van der Waals surface area contributed by atoms with Gasteiger partial charge in [-0.1, -0.05) is 48.9 Å². The van der Waals surface area contributed by atoms with Gasteiger partial charge in [0.2, 0.25) is 5.28 Å². The Bertz CT molecular complexity index is 1160. The molecule has 0 N–H and O–H groups in total. The Balaban J connectivity index is 2.03. The standard InChI is InChI=1S/C24H24ClN3S/c1-5-19-20(17-12-10-15(3)11-13-17)21-22(26-24(25)27-23(21)29-19)28(6-2)18-9-7-8-16(4)14-18/h7-14H,5-6H2,1-4H3. The molecule has 0 bridgehead atoms. The second kappa shape index (κ2) is 8.13. The maximum Gasteiger partial charge on any atom is 0.225 e. The summed E-state index contributed by atoms with van der Waals surface area (Å²) in [6, 6.07) is 17.2. The van der Waals surface area contributed by atoms with Gasteiger partial charge in [-0.15, -0.1) is 11.3 Å². The van der Waals surface area contributed by atoms with Crippen LogP contribution in [0.4, 0.5) is 11.5 Å². The highest BCUT2D eigenvalue weighted by molar-refractivity contribution is 7.19. The molecule has 2 heterocycles. The van der Waals surface area contributed by atoms with Crippen LogP contribution >= 0.6 is 22.9 Å². The lowest BCUT2D eigenvalue weighted by atomic mass is 10.0. The summed E-state index contributed by atoms with van der Waals surface area (Å²) in [5.74, 6) is 0.875. The lowest BCUT2D eigenvalue weighted by Crippen LogP contribution is -2.18. The third-order valence-corrected chi connectivity index (χ3v) is 6.52. The molecule has 0 atom stereocenters. The van der Waals surface area contributed by atoms with Gasteiger partial charge in [0.25, 0.3) is 0 Å². The van der Waals surface area contributed by atoms with E-state index in [9.17, 15) is 0 Å². The molecule has 29 heavy (non-hydrogen) atoms. The summed E-state index contributed by atoms with van der Waals surface area (Å²) in [7, 11) is 0. The predicted molar refractivity (Wildman–Crippen MR) is 126 cm³/mol. The third kappa shape index (κ3) is 3.75. The number of fused-ring (bicyclic) bond motifs is 1. The van der Waals surface area contributed by atoms with Crippen molar-refractivity contribution in [2.75, 3.05) is 11.4 Å². The first kappa shape index (κ1) is 19.9. The predicted octanol–water partition coefficient (Wildman–Crippen LogP) is 7.35. The molecule has 148 valence electrons. The van der Waals surface area contributed by atoms with E-state index in [1.165, 1.54) is 27.1 Å². The molecule has 3 nitrogen and oxygen atoms in total. The van der Waals surface area contributed by atoms with Crippen LogP contribution in [0.25, 0.3) is 21.3 Å². The number of aryl methyl sites for hydroxylation is 3. The van der Waals surface area contributed by atoms with Gasteiger partial charge >= 0.3 is 0 Å². The summed E-state index contributed by atoms with van der Waals surface area (Å²) in [6.07, 6.45) is 0.942. The monoisotopic (exact) mass is 421 g/mol. The van der Waals surface area contributed by atoms with E-state index < -0.39 is 0 Å². The first-order valence-corrected chi connectivity index (χ1v) is 11.1. The molecule has 0 amide bonds. The largest absolute Gasteiger partial charge is 0.326 e. The molecule has 0 aliphatic rings. The first-order chi connectivity index (χ1) is 14.0. The number of hydrogen-bond donors (Lipinski definition) is 0. The van der Waals surface area contributed by atoms with Gasteiger partial charge in [0.05, 0.1) is 5.39 Å². The zero-order valence-electron chi connectivity index (χ0n) is 17.2. The van der Waals surface area contributed by atoms with Crippen LogP contribution in [0.3, 0.4) is 0 Å². The van der Waals surface area contributed by atoms with Gasteiger partial charge in [0, 0.05) is 22.7 Å². The molecular weight excluding hydrogens is 398 g/mol. The van der Waals surface area contributed by atoms with Crippen LogP contribution in [0, 0.1) is 13.8 Å². The number of aromatic nitrogens is 2. The maximum absolute atomic E-state index is 6.37. The van der Waals surface area contributed by atoms with Crippen molar-refractivity contribution in [3.8, 4) is 11.1 Å². The van der Waals surface area contributed by atoms with Crippen molar-refractivity contribution in [1.29, 1.82) is 0 Å². The molecule has 0 radical (unpaired) electrons. The lowest BCUT2D eigenvalue weighted by molar-refractivity contribution is 0.990. The molecule has 0 saturated carbocycles. The number of nitrogens with zero attached hydrogens (tertiary/aromatic N) is 3. The molecule has 0 unspecified atom stereocenters. The van der Waals surface area contributed by atoms with Gasteiger partial charge in [0.1, 0.15) is 10.6 Å². The molecule has 4 rings (SSSR count). The molecule has 2 aromatic heterocycles. The van der Waals surface area contributed by atoms with Crippen LogP contribution in [0.5, 0.6) is 0 Å². The van der Waals surface area contributed by atoms with Gasteiger partial charge in [-0.3, -0.25) is 0 Å². The Morgan fingerprint density at radius 3 is 2.38 bits per heavy atom. The fraction of sp³-hybridized carbons (Fsp3) is 0.250. The van der Waals surface area contributed by atoms with Crippen LogP contribution in [0.2, 0.25) is 5.28 Å². The summed E-state index contributed by atoms with van der Waals surface area (Å²) in [4.78, 5) is 13.8. The summed E-state index contributed by atoms with van der Waals surface area (Å²) in [6.45, 7) is 9.34. The summed E-state index contributed by atoms with van der Waals surface area (Å²) in [5.41, 5.74) is 6.01. The summed E-state index contributed by atoms with van der Waals surface area (Å²) in [5, 5.41) is 1.38. The second-order valence-corrected chi connectivity index (χ2v) is 8.62. The first-order valence-electron chi connectivity index (χ1n) is 9.92. The van der Waals surface area contributed by atoms with Crippen molar-refractivity contribution in [1.82, 2.24) is 9.97 Å². The van der Waals surface area contributed by atoms with Crippen LogP contribution in [-0.2, 0) is 6.42 Å². The number of rotatable bonds is 5. The molecular formula is C24H24ClN3S. The van der Waals surface area contributed by atoms with Gasteiger partial charge < -0.3 is 4.90 Å². The van der Waals surface area contributed by atoms with Gasteiger partial charge in [-0.05, 0) is 62.1 Å². The van der Waals surface area contributed by atoms with Crippen LogP contribution in [0.1, 0.15) is 29.9 Å². The van der Waals surface area contributed by atoms with Crippen molar-refractivity contribution in [3.63, 3.8) is 0 Å². The minimum atomic E-state index is 0.290. The van der Waals surface area contributed by atoms with E-state index in [-0.39, 0.29) is 5.28 Å². The molecule has 4 aromatic rings. The van der Waals surface area contributed by atoms with Crippen LogP contribution < -0.4 is 4.90 Å². The Morgan fingerprint density at radius 2 is 1.72 bits per heavy atom. The average molecular weight is 422 g/mol. The fourth-order valence-electron chi connectivity index (χ4n) is 3.72. The third-order valence-electron chi connectivity index (χ3n) is 5.12. The molecule has 5 heteroatoms. The van der Waals surface area contributed by atoms with Crippen molar-refractivity contribution in [2.45, 2.75) is 34.1 Å². The SMILES string of the molecule is CCc1sc2nc(Cl)nc(N(CC)c3cccc(C)c3)c2c1-c1ccc(C)cc1. The summed E-state index contributed by atoms with van der Waals surface area (Å²) < 4.78 is 0. The molecule has 0 fully saturated rings. The molecule has 0 aliphatic heterocycles. The van der Waals surface area contributed by atoms with E-state index in [1.807, 2.05) is 0 Å². The number of benzene rings is 2. The van der Waals surface area contributed by atoms with E-state index in [0.29, 0.717) is 0 Å². The molecule has 0 saturated heterocycles. The second-order valence-electron chi connectivity index (χ2n) is 7.20. The molecule has 2 aromatic carbocycles. The average Bonchev–Trinajstić information content (AvgIpc) is 3.07. The van der Waals surface area contributed by atoms with E-state index >= 15 is 0 Å². The van der Waals surface area contributed by atoms with E-state index in [4.69, 9.17) is 16.6 Å². The van der Waals surface area contributed by atoms with E-state index in [1.54, 1.807) is 11.3 Å².